The van der Waals surface area contributed by atoms with Gasteiger partial charge in [-0.05, 0) is 24.6 Å². The van der Waals surface area contributed by atoms with Crippen LogP contribution in [0.2, 0.25) is 0 Å². The molecule has 0 bridgehead atoms. The first-order valence-electron chi connectivity index (χ1n) is 5.60. The Morgan fingerprint density at radius 3 is 2.88 bits per heavy atom. The number of hydrogen-bond donors (Lipinski definition) is 2. The number of carbonyl (C=O) groups is 2. The van der Waals surface area contributed by atoms with Crippen molar-refractivity contribution in [3.05, 3.63) is 24.3 Å². The number of benzene rings is 1. The zero-order valence-electron chi connectivity index (χ0n) is 9.64. The highest BCUT2D eigenvalue weighted by Crippen LogP contribution is 2.22. The van der Waals surface area contributed by atoms with E-state index in [1.165, 1.54) is 0 Å². The Hall–Kier alpha value is -2.04. The van der Waals surface area contributed by atoms with Crippen LogP contribution >= 0.6 is 0 Å². The number of urea groups is 1. The van der Waals surface area contributed by atoms with Gasteiger partial charge in [0.25, 0.3) is 0 Å². The summed E-state index contributed by atoms with van der Waals surface area (Å²) in [7, 11) is 0. The van der Waals surface area contributed by atoms with Crippen LogP contribution in [0.3, 0.4) is 0 Å². The Morgan fingerprint density at radius 1 is 1.47 bits per heavy atom. The van der Waals surface area contributed by atoms with Gasteiger partial charge in [0.2, 0.25) is 5.91 Å². The van der Waals surface area contributed by atoms with Crippen molar-refractivity contribution in [2.75, 3.05) is 17.2 Å². The van der Waals surface area contributed by atoms with Gasteiger partial charge in [0.1, 0.15) is 0 Å². The molecule has 0 spiro atoms. The highest BCUT2D eigenvalue weighted by molar-refractivity contribution is 6.16. The third-order valence-corrected chi connectivity index (χ3v) is 2.89. The van der Waals surface area contributed by atoms with E-state index in [9.17, 15) is 9.59 Å². The third kappa shape index (κ3) is 2.08. The van der Waals surface area contributed by atoms with Gasteiger partial charge in [0, 0.05) is 12.2 Å². The van der Waals surface area contributed by atoms with Gasteiger partial charge in [-0.15, -0.1) is 0 Å². The molecule has 1 aliphatic rings. The van der Waals surface area contributed by atoms with E-state index in [2.05, 4.69) is 5.32 Å². The maximum absolute atomic E-state index is 12.1. The lowest BCUT2D eigenvalue weighted by Crippen LogP contribution is -2.55. The summed E-state index contributed by atoms with van der Waals surface area (Å²) in [6.07, 6.45) is 0.706. The first-order chi connectivity index (χ1) is 8.13. The molecule has 1 aromatic carbocycles. The molecule has 5 nitrogen and oxygen atoms in total. The zero-order chi connectivity index (χ0) is 12.4. The van der Waals surface area contributed by atoms with Crippen LogP contribution in [0.25, 0.3) is 0 Å². The van der Waals surface area contributed by atoms with Crippen LogP contribution in [0.5, 0.6) is 0 Å². The highest BCUT2D eigenvalue weighted by Gasteiger charge is 2.34. The van der Waals surface area contributed by atoms with Gasteiger partial charge in [-0.1, -0.05) is 13.0 Å². The first-order valence-corrected chi connectivity index (χ1v) is 5.60. The molecule has 3 amide bonds. The number of amides is 3. The second-order valence-corrected chi connectivity index (χ2v) is 4.06. The molecular weight excluding hydrogens is 218 g/mol. The molecule has 2 rings (SSSR count). The molecule has 0 aliphatic carbocycles. The number of nitrogens with one attached hydrogen (secondary N) is 1. The monoisotopic (exact) mass is 233 g/mol. The molecule has 1 saturated heterocycles. The Bertz CT molecular complexity index is 459. The smallest absolute Gasteiger partial charge is 0.328 e. The topological polar surface area (TPSA) is 75.4 Å². The summed E-state index contributed by atoms with van der Waals surface area (Å²) < 4.78 is 0. The van der Waals surface area contributed by atoms with Gasteiger partial charge in [0.15, 0.2) is 0 Å². The molecule has 1 atom stereocenters. The van der Waals surface area contributed by atoms with Gasteiger partial charge >= 0.3 is 6.03 Å². The Labute approximate surface area is 99.6 Å². The Balaban J connectivity index is 2.34. The van der Waals surface area contributed by atoms with E-state index in [0.29, 0.717) is 24.3 Å². The number of anilines is 2. The van der Waals surface area contributed by atoms with Gasteiger partial charge in [-0.2, -0.15) is 0 Å². The maximum atomic E-state index is 12.1. The van der Waals surface area contributed by atoms with Crippen LogP contribution in [0.15, 0.2) is 24.3 Å². The minimum Gasteiger partial charge on any atom is -0.399 e. The lowest BCUT2D eigenvalue weighted by atomic mass is 10.0. The van der Waals surface area contributed by atoms with E-state index in [1.54, 1.807) is 24.3 Å². The minimum absolute atomic E-state index is 0.158. The number of nitrogen functional groups attached to an aromatic ring is 1. The molecule has 1 aromatic rings. The van der Waals surface area contributed by atoms with Crippen molar-refractivity contribution in [1.29, 1.82) is 0 Å². The summed E-state index contributed by atoms with van der Waals surface area (Å²) in [6, 6.07) is 6.38. The number of nitrogens with zero attached hydrogens (tertiary/aromatic N) is 1. The standard InChI is InChI=1S/C12H15N3O2/c1-2-8-7-14-12(17)15(11(8)16)10-5-3-4-9(13)6-10/h3-6,8H,2,7,13H2,1H3,(H,14,17). The van der Waals surface area contributed by atoms with Gasteiger partial charge in [0.05, 0.1) is 11.6 Å². The van der Waals surface area contributed by atoms with Crippen molar-refractivity contribution in [3.63, 3.8) is 0 Å². The normalized spacial score (nSPS) is 20.3. The molecule has 1 unspecified atom stereocenters. The van der Waals surface area contributed by atoms with E-state index in [4.69, 9.17) is 5.73 Å². The average Bonchev–Trinajstić information content (AvgIpc) is 2.29. The number of hydrogen-bond acceptors (Lipinski definition) is 3. The number of rotatable bonds is 2. The summed E-state index contributed by atoms with van der Waals surface area (Å²) in [6.45, 7) is 2.34. The predicted octanol–water partition coefficient (Wildman–Crippen LogP) is 1.35. The molecule has 0 saturated carbocycles. The molecule has 0 aromatic heterocycles. The predicted molar refractivity (Wildman–Crippen MR) is 65.5 cm³/mol. The van der Waals surface area contributed by atoms with Crippen LogP contribution in [0, 0.1) is 5.92 Å². The molecule has 3 N–H and O–H groups in total. The van der Waals surface area contributed by atoms with Gasteiger partial charge in [-0.25, -0.2) is 9.69 Å². The fraction of sp³-hybridized carbons (Fsp3) is 0.333. The van der Waals surface area contributed by atoms with Crippen LogP contribution in [-0.4, -0.2) is 18.5 Å². The highest BCUT2D eigenvalue weighted by atomic mass is 16.2. The summed E-state index contributed by atoms with van der Waals surface area (Å²) in [5.41, 5.74) is 6.70. The largest absolute Gasteiger partial charge is 0.399 e. The van der Waals surface area contributed by atoms with E-state index in [-0.39, 0.29) is 17.9 Å². The zero-order valence-corrected chi connectivity index (χ0v) is 9.64. The molecule has 0 radical (unpaired) electrons. The molecule has 1 aliphatic heterocycles. The quantitative estimate of drug-likeness (QED) is 0.757. The number of carbonyl (C=O) groups excluding carboxylic acids is 2. The SMILES string of the molecule is CCC1CNC(=O)N(c2cccc(N)c2)C1=O. The van der Waals surface area contributed by atoms with E-state index in [0.717, 1.165) is 4.90 Å². The molecular formula is C12H15N3O2. The summed E-state index contributed by atoms with van der Waals surface area (Å²) in [4.78, 5) is 25.0. The first kappa shape index (κ1) is 11.4. The summed E-state index contributed by atoms with van der Waals surface area (Å²) in [5.74, 6) is -0.323. The van der Waals surface area contributed by atoms with Crippen molar-refractivity contribution >= 4 is 23.3 Å². The minimum atomic E-state index is -0.384. The second kappa shape index (κ2) is 4.45. The van der Waals surface area contributed by atoms with Crippen molar-refractivity contribution < 1.29 is 9.59 Å². The van der Waals surface area contributed by atoms with E-state index in [1.807, 2.05) is 6.92 Å². The summed E-state index contributed by atoms with van der Waals surface area (Å²) in [5, 5.41) is 2.71. The van der Waals surface area contributed by atoms with E-state index >= 15 is 0 Å². The molecule has 1 heterocycles. The van der Waals surface area contributed by atoms with Crippen LogP contribution in [0.4, 0.5) is 16.2 Å². The van der Waals surface area contributed by atoms with Crippen LogP contribution in [-0.2, 0) is 4.79 Å². The lowest BCUT2D eigenvalue weighted by Gasteiger charge is -2.30. The molecule has 1 fully saturated rings. The Kier molecular flexibility index (Phi) is 2.99. The van der Waals surface area contributed by atoms with E-state index < -0.39 is 0 Å². The van der Waals surface area contributed by atoms with Crippen LogP contribution in [0.1, 0.15) is 13.3 Å². The lowest BCUT2D eigenvalue weighted by molar-refractivity contribution is -0.122. The summed E-state index contributed by atoms with van der Waals surface area (Å²) >= 11 is 0. The van der Waals surface area contributed by atoms with Gasteiger partial charge < -0.3 is 11.1 Å². The molecule has 17 heavy (non-hydrogen) atoms. The molecule has 5 heteroatoms. The van der Waals surface area contributed by atoms with Crippen LogP contribution < -0.4 is 16.0 Å². The fourth-order valence-electron chi connectivity index (χ4n) is 1.89. The number of imide groups is 1. The van der Waals surface area contributed by atoms with Crippen molar-refractivity contribution in [2.24, 2.45) is 5.92 Å². The van der Waals surface area contributed by atoms with Crippen molar-refractivity contribution in [1.82, 2.24) is 5.32 Å². The second-order valence-electron chi connectivity index (χ2n) is 4.06. The Morgan fingerprint density at radius 2 is 2.24 bits per heavy atom. The molecule has 90 valence electrons. The maximum Gasteiger partial charge on any atom is 0.328 e. The number of nitrogens with two attached hydrogens (primary N) is 1. The average molecular weight is 233 g/mol. The van der Waals surface area contributed by atoms with Crippen molar-refractivity contribution in [2.45, 2.75) is 13.3 Å². The fourth-order valence-corrected chi connectivity index (χ4v) is 1.89. The third-order valence-electron chi connectivity index (χ3n) is 2.89. The van der Waals surface area contributed by atoms with Crippen molar-refractivity contribution in [3.8, 4) is 0 Å². The van der Waals surface area contributed by atoms with Gasteiger partial charge in [-0.3, -0.25) is 4.79 Å².